The van der Waals surface area contributed by atoms with Crippen molar-refractivity contribution in [2.75, 3.05) is 52.4 Å². The van der Waals surface area contributed by atoms with Gasteiger partial charge in [-0.15, -0.1) is 24.0 Å². The van der Waals surface area contributed by atoms with E-state index >= 15 is 0 Å². The van der Waals surface area contributed by atoms with Crippen LogP contribution in [-0.2, 0) is 4.79 Å². The third kappa shape index (κ3) is 4.71. The van der Waals surface area contributed by atoms with Gasteiger partial charge in [0.05, 0.1) is 0 Å². The number of hydrogen-bond donors (Lipinski definition) is 2. The Balaban J connectivity index is 0.00000176. The first kappa shape index (κ1) is 17.8. The largest absolute Gasteiger partial charge is 0.356 e. The zero-order valence-corrected chi connectivity index (χ0v) is 15.6. The smallest absolute Gasteiger partial charge is 0.225 e. The second-order valence-corrected chi connectivity index (χ2v) is 6.23. The Hall–Kier alpha value is -0.570. The number of carbonyl (C=O) groups excluding carboxylic acids is 1. The number of rotatable bonds is 4. The molecule has 0 unspecified atom stereocenters. The maximum atomic E-state index is 12.2. The number of guanidine groups is 1. The molecule has 1 aliphatic carbocycles. The van der Waals surface area contributed by atoms with Gasteiger partial charge in [0.1, 0.15) is 0 Å². The van der Waals surface area contributed by atoms with E-state index in [-0.39, 0.29) is 24.0 Å². The van der Waals surface area contributed by atoms with Crippen molar-refractivity contribution in [2.45, 2.75) is 25.7 Å². The van der Waals surface area contributed by atoms with Crippen LogP contribution in [0.1, 0.15) is 25.7 Å². The Labute approximate surface area is 150 Å². The summed E-state index contributed by atoms with van der Waals surface area (Å²) >= 11 is 0. The quantitative estimate of drug-likeness (QED) is 0.649. The predicted octanol–water partition coefficient (Wildman–Crippen LogP) is 0.488. The molecule has 0 radical (unpaired) electrons. The maximum Gasteiger partial charge on any atom is 0.225 e. The van der Waals surface area contributed by atoms with Crippen molar-refractivity contribution in [3.63, 3.8) is 0 Å². The van der Waals surface area contributed by atoms with Crippen molar-refractivity contribution in [1.29, 1.82) is 0 Å². The minimum atomic E-state index is 0. The first-order chi connectivity index (χ1) is 10.3. The van der Waals surface area contributed by atoms with Gasteiger partial charge in [-0.25, -0.2) is 0 Å². The zero-order valence-electron chi connectivity index (χ0n) is 13.2. The summed E-state index contributed by atoms with van der Waals surface area (Å²) in [5, 5.41) is 6.63. The third-order valence-electron chi connectivity index (χ3n) is 4.76. The Morgan fingerprint density at radius 2 is 2.00 bits per heavy atom. The Kier molecular flexibility index (Phi) is 7.20. The molecule has 3 aliphatic rings. The molecule has 2 N–H and O–H groups in total. The molecule has 7 heteroatoms. The highest BCUT2D eigenvalue weighted by Crippen LogP contribution is 2.28. The Morgan fingerprint density at radius 1 is 1.23 bits per heavy atom. The van der Waals surface area contributed by atoms with Crippen molar-refractivity contribution in [3.8, 4) is 0 Å². The number of piperazine rings is 1. The summed E-state index contributed by atoms with van der Waals surface area (Å²) < 4.78 is 0. The van der Waals surface area contributed by atoms with E-state index in [0.29, 0.717) is 11.8 Å². The molecule has 0 aromatic rings. The van der Waals surface area contributed by atoms with Gasteiger partial charge in [-0.3, -0.25) is 14.7 Å². The highest BCUT2D eigenvalue weighted by Gasteiger charge is 2.30. The summed E-state index contributed by atoms with van der Waals surface area (Å²) in [5.74, 6) is 1.69. The minimum absolute atomic E-state index is 0. The van der Waals surface area contributed by atoms with Crippen LogP contribution in [0.3, 0.4) is 0 Å². The summed E-state index contributed by atoms with van der Waals surface area (Å²) in [5.41, 5.74) is 0. The fourth-order valence-electron chi connectivity index (χ4n) is 3.09. The average Bonchev–Trinajstić information content (AvgIpc) is 2.47. The average molecular weight is 421 g/mol. The molecule has 2 aliphatic heterocycles. The van der Waals surface area contributed by atoms with Crippen LogP contribution in [0.5, 0.6) is 0 Å². The molecule has 126 valence electrons. The van der Waals surface area contributed by atoms with E-state index in [1.165, 1.54) is 6.42 Å². The molecular weight excluding hydrogens is 393 g/mol. The first-order valence-electron chi connectivity index (χ1n) is 8.36. The fraction of sp³-hybridized carbons (Fsp3) is 0.867. The van der Waals surface area contributed by atoms with E-state index < -0.39 is 0 Å². The molecule has 1 saturated carbocycles. The Bertz CT molecular complexity index is 391. The van der Waals surface area contributed by atoms with Gasteiger partial charge in [0.15, 0.2) is 5.96 Å². The van der Waals surface area contributed by atoms with Crippen molar-refractivity contribution in [2.24, 2.45) is 10.9 Å². The second kappa shape index (κ2) is 8.90. The van der Waals surface area contributed by atoms with Crippen LogP contribution in [0.4, 0.5) is 0 Å². The standard InChI is InChI=1S/C15H27N5O.HI/c21-14(13-3-1-4-13)20-11-9-19(10-12-20)8-7-18-15-16-5-2-6-17-15;/h13H,1-12H2,(H2,16,17,18);1H. The highest BCUT2D eigenvalue weighted by molar-refractivity contribution is 14.0. The number of nitrogens with zero attached hydrogens (tertiary/aromatic N) is 3. The second-order valence-electron chi connectivity index (χ2n) is 6.23. The van der Waals surface area contributed by atoms with Crippen LogP contribution in [-0.4, -0.2) is 74.0 Å². The molecule has 3 rings (SSSR count). The number of nitrogens with one attached hydrogen (secondary N) is 2. The zero-order chi connectivity index (χ0) is 14.5. The normalized spacial score (nSPS) is 22.9. The SMILES string of the molecule is I.O=C(C1CCC1)N1CCN(CCNC2=NCCCN2)CC1. The summed E-state index contributed by atoms with van der Waals surface area (Å²) in [7, 11) is 0. The Morgan fingerprint density at radius 3 is 2.59 bits per heavy atom. The number of halogens is 1. The number of amides is 1. The highest BCUT2D eigenvalue weighted by atomic mass is 127. The monoisotopic (exact) mass is 421 g/mol. The summed E-state index contributed by atoms with van der Waals surface area (Å²) in [6.45, 7) is 7.68. The maximum absolute atomic E-state index is 12.2. The van der Waals surface area contributed by atoms with Gasteiger partial charge in [0.2, 0.25) is 5.91 Å². The number of carbonyl (C=O) groups is 1. The molecule has 2 heterocycles. The summed E-state index contributed by atoms with van der Waals surface area (Å²) in [4.78, 5) is 21.1. The van der Waals surface area contributed by atoms with Crippen LogP contribution >= 0.6 is 24.0 Å². The van der Waals surface area contributed by atoms with Gasteiger partial charge in [-0.05, 0) is 19.3 Å². The lowest BCUT2D eigenvalue weighted by atomic mass is 9.84. The molecule has 2 fully saturated rings. The van der Waals surface area contributed by atoms with E-state index in [1.807, 2.05) is 0 Å². The van der Waals surface area contributed by atoms with Crippen LogP contribution < -0.4 is 10.6 Å². The summed E-state index contributed by atoms with van der Waals surface area (Å²) in [6.07, 6.45) is 4.58. The van der Waals surface area contributed by atoms with Crippen molar-refractivity contribution >= 4 is 35.8 Å². The van der Waals surface area contributed by atoms with Crippen LogP contribution in [0.25, 0.3) is 0 Å². The van der Waals surface area contributed by atoms with Gasteiger partial charge in [0, 0.05) is 58.3 Å². The van der Waals surface area contributed by atoms with Gasteiger partial charge in [-0.2, -0.15) is 0 Å². The van der Waals surface area contributed by atoms with E-state index in [4.69, 9.17) is 0 Å². The third-order valence-corrected chi connectivity index (χ3v) is 4.76. The molecule has 0 aromatic heterocycles. The van der Waals surface area contributed by atoms with E-state index in [9.17, 15) is 4.79 Å². The van der Waals surface area contributed by atoms with Gasteiger partial charge >= 0.3 is 0 Å². The number of aliphatic imine (C=N–C) groups is 1. The molecule has 0 spiro atoms. The lowest BCUT2D eigenvalue weighted by Crippen LogP contribution is -2.52. The molecule has 0 aromatic carbocycles. The lowest BCUT2D eigenvalue weighted by molar-refractivity contribution is -0.139. The molecule has 0 bridgehead atoms. The van der Waals surface area contributed by atoms with E-state index in [2.05, 4.69) is 25.4 Å². The van der Waals surface area contributed by atoms with Gasteiger partial charge in [0.25, 0.3) is 0 Å². The van der Waals surface area contributed by atoms with Gasteiger partial charge < -0.3 is 15.5 Å². The molecule has 6 nitrogen and oxygen atoms in total. The molecular formula is C15H28IN5O. The van der Waals surface area contributed by atoms with Crippen LogP contribution in [0.2, 0.25) is 0 Å². The number of hydrogen-bond acceptors (Lipinski definition) is 5. The molecule has 22 heavy (non-hydrogen) atoms. The van der Waals surface area contributed by atoms with E-state index in [0.717, 1.165) is 77.6 Å². The predicted molar refractivity (Wildman–Crippen MR) is 98.7 cm³/mol. The first-order valence-corrected chi connectivity index (χ1v) is 8.36. The van der Waals surface area contributed by atoms with Crippen molar-refractivity contribution in [1.82, 2.24) is 20.4 Å². The molecule has 0 atom stereocenters. The summed E-state index contributed by atoms with van der Waals surface area (Å²) in [6, 6.07) is 0. The van der Waals surface area contributed by atoms with Crippen molar-refractivity contribution < 1.29 is 4.79 Å². The minimum Gasteiger partial charge on any atom is -0.356 e. The van der Waals surface area contributed by atoms with E-state index in [1.54, 1.807) is 0 Å². The topological polar surface area (TPSA) is 60.0 Å². The van der Waals surface area contributed by atoms with Crippen LogP contribution in [0, 0.1) is 5.92 Å². The van der Waals surface area contributed by atoms with Gasteiger partial charge in [-0.1, -0.05) is 6.42 Å². The molecule has 1 saturated heterocycles. The lowest BCUT2D eigenvalue weighted by Gasteiger charge is -2.38. The van der Waals surface area contributed by atoms with Crippen LogP contribution in [0.15, 0.2) is 4.99 Å². The molecule has 1 amide bonds. The van der Waals surface area contributed by atoms with Crippen molar-refractivity contribution in [3.05, 3.63) is 0 Å². The fourth-order valence-corrected chi connectivity index (χ4v) is 3.09.